The SMILES string of the molecule is Cc1cc(Cl)nc2ccc(S(=O)(=O)Cc3ccccc3)cc12. The monoisotopic (exact) mass is 331 g/mol. The third-order valence-electron chi connectivity index (χ3n) is 3.51. The molecular weight excluding hydrogens is 318 g/mol. The summed E-state index contributed by atoms with van der Waals surface area (Å²) >= 11 is 5.93. The summed E-state index contributed by atoms with van der Waals surface area (Å²) in [5, 5.41) is 1.21. The molecule has 0 aliphatic carbocycles. The normalized spacial score (nSPS) is 11.7. The zero-order chi connectivity index (χ0) is 15.7. The van der Waals surface area contributed by atoms with E-state index in [1.54, 1.807) is 24.3 Å². The highest BCUT2D eigenvalue weighted by Crippen LogP contribution is 2.25. The van der Waals surface area contributed by atoms with Gasteiger partial charge in [0.1, 0.15) is 5.15 Å². The maximum absolute atomic E-state index is 12.6. The van der Waals surface area contributed by atoms with Crippen LogP contribution in [0.5, 0.6) is 0 Å². The van der Waals surface area contributed by atoms with E-state index in [-0.39, 0.29) is 5.75 Å². The second kappa shape index (κ2) is 5.71. The van der Waals surface area contributed by atoms with Gasteiger partial charge in [-0.25, -0.2) is 13.4 Å². The molecule has 112 valence electrons. The van der Waals surface area contributed by atoms with Crippen molar-refractivity contribution in [1.29, 1.82) is 0 Å². The molecule has 0 amide bonds. The average molecular weight is 332 g/mol. The molecule has 0 saturated carbocycles. The topological polar surface area (TPSA) is 47.0 Å². The Hall–Kier alpha value is -1.91. The molecule has 3 aromatic rings. The second-order valence-corrected chi connectivity index (χ2v) is 7.56. The number of aromatic nitrogens is 1. The van der Waals surface area contributed by atoms with E-state index in [0.717, 1.165) is 16.5 Å². The smallest absolute Gasteiger partial charge is 0.182 e. The number of hydrogen-bond acceptors (Lipinski definition) is 3. The molecule has 1 aromatic heterocycles. The van der Waals surface area contributed by atoms with Gasteiger partial charge in [-0.15, -0.1) is 0 Å². The summed E-state index contributed by atoms with van der Waals surface area (Å²) in [5.41, 5.74) is 2.38. The molecule has 0 aliphatic rings. The Morgan fingerprint density at radius 2 is 1.77 bits per heavy atom. The number of nitrogens with zero attached hydrogens (tertiary/aromatic N) is 1. The molecule has 3 rings (SSSR count). The maximum atomic E-state index is 12.6. The molecule has 0 bridgehead atoms. The van der Waals surface area contributed by atoms with Crippen LogP contribution in [0.25, 0.3) is 10.9 Å². The number of halogens is 1. The fourth-order valence-electron chi connectivity index (χ4n) is 2.40. The average Bonchev–Trinajstić information content (AvgIpc) is 2.47. The molecule has 0 spiro atoms. The third kappa shape index (κ3) is 2.98. The van der Waals surface area contributed by atoms with E-state index in [9.17, 15) is 8.42 Å². The molecule has 0 radical (unpaired) electrons. The Morgan fingerprint density at radius 3 is 2.50 bits per heavy atom. The lowest BCUT2D eigenvalue weighted by atomic mass is 10.1. The molecule has 2 aromatic carbocycles. The first-order valence-electron chi connectivity index (χ1n) is 6.79. The Labute approximate surface area is 134 Å². The molecule has 0 N–H and O–H groups in total. The lowest BCUT2D eigenvalue weighted by Crippen LogP contribution is -2.05. The summed E-state index contributed by atoms with van der Waals surface area (Å²) in [6.07, 6.45) is 0. The minimum absolute atomic E-state index is 0.0145. The summed E-state index contributed by atoms with van der Waals surface area (Å²) in [7, 11) is -3.39. The van der Waals surface area contributed by atoms with Gasteiger partial charge < -0.3 is 0 Å². The Morgan fingerprint density at radius 1 is 1.05 bits per heavy atom. The lowest BCUT2D eigenvalue weighted by Gasteiger charge is -2.08. The highest BCUT2D eigenvalue weighted by molar-refractivity contribution is 7.90. The zero-order valence-electron chi connectivity index (χ0n) is 12.0. The number of fused-ring (bicyclic) bond motifs is 1. The maximum Gasteiger partial charge on any atom is 0.182 e. The van der Waals surface area contributed by atoms with Crippen molar-refractivity contribution in [2.75, 3.05) is 0 Å². The van der Waals surface area contributed by atoms with E-state index in [4.69, 9.17) is 11.6 Å². The Balaban J connectivity index is 2.06. The third-order valence-corrected chi connectivity index (χ3v) is 5.39. The van der Waals surface area contributed by atoms with Crippen LogP contribution >= 0.6 is 11.6 Å². The quantitative estimate of drug-likeness (QED) is 0.677. The summed E-state index contributed by atoms with van der Waals surface area (Å²) in [5.74, 6) is -0.0145. The summed E-state index contributed by atoms with van der Waals surface area (Å²) in [4.78, 5) is 4.52. The van der Waals surface area contributed by atoms with Gasteiger partial charge in [-0.2, -0.15) is 0 Å². The molecule has 5 heteroatoms. The van der Waals surface area contributed by atoms with Gasteiger partial charge in [-0.3, -0.25) is 0 Å². The van der Waals surface area contributed by atoms with Crippen molar-refractivity contribution in [1.82, 2.24) is 4.98 Å². The van der Waals surface area contributed by atoms with E-state index < -0.39 is 9.84 Å². The molecule has 0 aliphatic heterocycles. The number of rotatable bonds is 3. The molecular formula is C17H14ClNO2S. The van der Waals surface area contributed by atoms with Crippen molar-refractivity contribution < 1.29 is 8.42 Å². The van der Waals surface area contributed by atoms with Gasteiger partial charge in [-0.1, -0.05) is 41.9 Å². The van der Waals surface area contributed by atoms with Gasteiger partial charge in [0.15, 0.2) is 9.84 Å². The van der Waals surface area contributed by atoms with Crippen molar-refractivity contribution in [3.63, 3.8) is 0 Å². The number of hydrogen-bond donors (Lipinski definition) is 0. The molecule has 0 unspecified atom stereocenters. The van der Waals surface area contributed by atoms with Crippen LogP contribution < -0.4 is 0 Å². The van der Waals surface area contributed by atoms with E-state index in [1.807, 2.05) is 37.3 Å². The highest BCUT2D eigenvalue weighted by Gasteiger charge is 2.16. The first-order valence-corrected chi connectivity index (χ1v) is 8.82. The van der Waals surface area contributed by atoms with Crippen molar-refractivity contribution in [2.45, 2.75) is 17.6 Å². The lowest BCUT2D eigenvalue weighted by molar-refractivity contribution is 0.595. The van der Waals surface area contributed by atoms with Crippen molar-refractivity contribution in [3.05, 3.63) is 70.9 Å². The van der Waals surface area contributed by atoms with Crippen molar-refractivity contribution in [3.8, 4) is 0 Å². The van der Waals surface area contributed by atoms with Crippen molar-refractivity contribution in [2.24, 2.45) is 0 Å². The summed E-state index contributed by atoms with van der Waals surface area (Å²) in [6.45, 7) is 1.89. The van der Waals surface area contributed by atoms with Crippen LogP contribution in [0.15, 0.2) is 59.5 Å². The second-order valence-electron chi connectivity index (χ2n) is 5.19. The van der Waals surface area contributed by atoms with Crippen molar-refractivity contribution >= 4 is 32.3 Å². The molecule has 3 nitrogen and oxygen atoms in total. The van der Waals surface area contributed by atoms with Crippen LogP contribution in [0, 0.1) is 6.92 Å². The zero-order valence-corrected chi connectivity index (χ0v) is 13.5. The van der Waals surface area contributed by atoms with Crippen LogP contribution in [0.3, 0.4) is 0 Å². The summed E-state index contributed by atoms with van der Waals surface area (Å²) in [6, 6.07) is 15.9. The number of aryl methyl sites for hydroxylation is 1. The van der Waals surface area contributed by atoms with Crippen LogP contribution in [0.2, 0.25) is 5.15 Å². The van der Waals surface area contributed by atoms with E-state index in [1.165, 1.54) is 0 Å². The first-order chi connectivity index (χ1) is 10.5. The molecule has 0 atom stereocenters. The Kier molecular flexibility index (Phi) is 3.89. The highest BCUT2D eigenvalue weighted by atomic mass is 35.5. The minimum atomic E-state index is -3.39. The van der Waals surface area contributed by atoms with Gasteiger partial charge in [0.25, 0.3) is 0 Å². The predicted molar refractivity (Wildman–Crippen MR) is 88.8 cm³/mol. The number of pyridine rings is 1. The van der Waals surface area contributed by atoms with E-state index in [0.29, 0.717) is 15.6 Å². The van der Waals surface area contributed by atoms with Gasteiger partial charge in [0.2, 0.25) is 0 Å². The fourth-order valence-corrected chi connectivity index (χ4v) is 4.03. The molecule has 0 saturated heterocycles. The van der Waals surface area contributed by atoms with Crippen LogP contribution in [-0.4, -0.2) is 13.4 Å². The standard InChI is InChI=1S/C17H14ClNO2S/c1-12-9-17(18)19-16-8-7-14(10-15(12)16)22(20,21)11-13-5-3-2-4-6-13/h2-10H,11H2,1H3. The molecule has 22 heavy (non-hydrogen) atoms. The fraction of sp³-hybridized carbons (Fsp3) is 0.118. The first kappa shape index (κ1) is 15.0. The molecule has 1 heterocycles. The summed E-state index contributed by atoms with van der Waals surface area (Å²) < 4.78 is 25.2. The number of sulfone groups is 1. The van der Waals surface area contributed by atoms with Crippen LogP contribution in [0.4, 0.5) is 0 Å². The largest absolute Gasteiger partial charge is 0.236 e. The number of benzene rings is 2. The van der Waals surface area contributed by atoms with Crippen LogP contribution in [-0.2, 0) is 15.6 Å². The minimum Gasteiger partial charge on any atom is -0.236 e. The van der Waals surface area contributed by atoms with E-state index >= 15 is 0 Å². The molecule has 0 fully saturated rings. The van der Waals surface area contributed by atoms with Gasteiger partial charge >= 0.3 is 0 Å². The Bertz CT molecular complexity index is 938. The van der Waals surface area contributed by atoms with Gasteiger partial charge in [0, 0.05) is 5.39 Å². The van der Waals surface area contributed by atoms with Gasteiger partial charge in [0.05, 0.1) is 16.2 Å². The predicted octanol–water partition coefficient (Wildman–Crippen LogP) is 4.17. The van der Waals surface area contributed by atoms with Gasteiger partial charge in [-0.05, 0) is 42.3 Å². The van der Waals surface area contributed by atoms with E-state index in [2.05, 4.69) is 4.98 Å². The van der Waals surface area contributed by atoms with Crippen LogP contribution in [0.1, 0.15) is 11.1 Å².